The third-order valence-electron chi connectivity index (χ3n) is 7.96. The number of nitrogens with zero attached hydrogens (tertiary/aromatic N) is 1. The summed E-state index contributed by atoms with van der Waals surface area (Å²) in [4.78, 5) is 0. The van der Waals surface area contributed by atoms with Crippen LogP contribution >= 0.6 is 0 Å². The summed E-state index contributed by atoms with van der Waals surface area (Å²) in [5, 5.41) is 12.2. The molecule has 1 aliphatic heterocycles. The monoisotopic (exact) mass is 404 g/mol. The number of nitrogens with two attached hydrogens (primary N) is 1. The molecule has 0 atom stereocenters. The summed E-state index contributed by atoms with van der Waals surface area (Å²) < 4.78 is 2.35. The van der Waals surface area contributed by atoms with Crippen molar-refractivity contribution >= 4 is 5.84 Å². The fourth-order valence-electron chi connectivity index (χ4n) is 6.91. The molecule has 0 radical (unpaired) electrons. The van der Waals surface area contributed by atoms with E-state index in [1.54, 1.807) is 0 Å². The van der Waals surface area contributed by atoms with Crippen molar-refractivity contribution in [1.29, 1.82) is 5.41 Å². The Balaban J connectivity index is 1.69. The summed E-state index contributed by atoms with van der Waals surface area (Å²) in [5.74, 6) is 0.700. The zero-order chi connectivity index (χ0) is 21.1. The molecule has 0 unspecified atom stereocenters. The van der Waals surface area contributed by atoms with Gasteiger partial charge in [0.25, 0.3) is 0 Å². The van der Waals surface area contributed by atoms with Gasteiger partial charge in [0, 0.05) is 40.1 Å². The zero-order valence-electron chi connectivity index (χ0n) is 18.8. The Morgan fingerprint density at radius 1 is 1.10 bits per heavy atom. The minimum atomic E-state index is 0.00476. The van der Waals surface area contributed by atoms with Crippen LogP contribution in [0.25, 0.3) is 5.69 Å². The van der Waals surface area contributed by atoms with Crippen LogP contribution in [0.4, 0.5) is 0 Å². The summed E-state index contributed by atoms with van der Waals surface area (Å²) >= 11 is 0. The van der Waals surface area contributed by atoms with E-state index in [1.807, 2.05) is 0 Å². The minimum Gasteiger partial charge on any atom is -0.384 e. The van der Waals surface area contributed by atoms with Crippen molar-refractivity contribution in [3.63, 3.8) is 0 Å². The highest BCUT2D eigenvalue weighted by Gasteiger charge is 2.48. The molecule has 30 heavy (non-hydrogen) atoms. The van der Waals surface area contributed by atoms with Gasteiger partial charge in [0.05, 0.1) is 0 Å². The maximum absolute atomic E-state index is 8.14. The molecule has 2 fully saturated rings. The van der Waals surface area contributed by atoms with Gasteiger partial charge in [-0.2, -0.15) is 0 Å². The van der Waals surface area contributed by atoms with Crippen LogP contribution in [0.3, 0.4) is 0 Å². The highest BCUT2D eigenvalue weighted by atomic mass is 15.1. The van der Waals surface area contributed by atoms with E-state index < -0.39 is 0 Å². The van der Waals surface area contributed by atoms with Crippen LogP contribution in [0.1, 0.15) is 106 Å². The third kappa shape index (κ3) is 2.95. The van der Waals surface area contributed by atoms with Crippen molar-refractivity contribution in [2.24, 2.45) is 5.73 Å². The predicted octanol–water partition coefficient (Wildman–Crippen LogP) is 5.73. The first-order valence-corrected chi connectivity index (χ1v) is 11.8. The van der Waals surface area contributed by atoms with Crippen molar-refractivity contribution in [3.8, 4) is 5.69 Å². The molecular weight excluding hydrogens is 368 g/mol. The molecule has 1 spiro atoms. The molecule has 4 heteroatoms. The van der Waals surface area contributed by atoms with Gasteiger partial charge in [0.1, 0.15) is 5.84 Å². The van der Waals surface area contributed by atoms with E-state index in [4.69, 9.17) is 11.1 Å². The highest BCUT2D eigenvalue weighted by molar-refractivity contribution is 5.96. The van der Waals surface area contributed by atoms with E-state index in [2.05, 4.69) is 55.1 Å². The average Bonchev–Trinajstić information content (AvgIpc) is 3.40. The lowest BCUT2D eigenvalue weighted by Crippen LogP contribution is -2.45. The molecule has 0 bridgehead atoms. The molecule has 1 aromatic heterocycles. The molecule has 0 amide bonds. The van der Waals surface area contributed by atoms with E-state index in [9.17, 15) is 0 Å². The van der Waals surface area contributed by atoms with Crippen LogP contribution in [-0.4, -0.2) is 10.4 Å². The Hall–Kier alpha value is -2.07. The first kappa shape index (κ1) is 19.9. The lowest BCUT2D eigenvalue weighted by Gasteiger charge is -2.37. The standard InChI is InChI=1S/C26H36N4/c1-17-15-19(30-14-11-20(24(27)28)23(30)18-9-5-6-10-18)16-21-22(17)25(2,3)29-26(21)12-7-4-8-13-26/h11,14-16,18,29H,4-10,12-13H2,1-3H3,(H3,27,28). The van der Waals surface area contributed by atoms with Crippen molar-refractivity contribution in [1.82, 2.24) is 9.88 Å². The number of amidine groups is 1. The predicted molar refractivity (Wildman–Crippen MR) is 124 cm³/mol. The van der Waals surface area contributed by atoms with Crippen LogP contribution in [0, 0.1) is 12.3 Å². The number of hydrogen-bond acceptors (Lipinski definition) is 2. The summed E-state index contributed by atoms with van der Waals surface area (Å²) in [7, 11) is 0. The molecule has 2 saturated carbocycles. The zero-order valence-corrected chi connectivity index (χ0v) is 18.8. The molecule has 5 rings (SSSR count). The van der Waals surface area contributed by atoms with Gasteiger partial charge in [-0.3, -0.25) is 10.7 Å². The number of aryl methyl sites for hydroxylation is 1. The average molecular weight is 405 g/mol. The second-order valence-electron chi connectivity index (χ2n) is 10.5. The number of nitrogen functional groups attached to an aromatic ring is 1. The maximum Gasteiger partial charge on any atom is 0.124 e. The molecule has 3 aliphatic rings. The van der Waals surface area contributed by atoms with E-state index >= 15 is 0 Å². The highest BCUT2D eigenvalue weighted by Crippen LogP contribution is 2.50. The molecule has 0 saturated heterocycles. The number of benzene rings is 1. The Bertz CT molecular complexity index is 985. The molecule has 1 aromatic carbocycles. The second-order valence-corrected chi connectivity index (χ2v) is 10.5. The van der Waals surface area contributed by atoms with Crippen LogP contribution in [0.15, 0.2) is 24.4 Å². The third-order valence-corrected chi connectivity index (χ3v) is 7.96. The van der Waals surface area contributed by atoms with Gasteiger partial charge in [-0.1, -0.05) is 32.1 Å². The van der Waals surface area contributed by atoms with Crippen molar-refractivity contribution in [3.05, 3.63) is 52.3 Å². The van der Waals surface area contributed by atoms with Crippen LogP contribution in [-0.2, 0) is 11.1 Å². The number of rotatable bonds is 3. The first-order valence-electron chi connectivity index (χ1n) is 11.8. The molecule has 4 nitrogen and oxygen atoms in total. The number of fused-ring (bicyclic) bond motifs is 2. The van der Waals surface area contributed by atoms with Crippen molar-refractivity contribution in [2.45, 2.75) is 95.6 Å². The van der Waals surface area contributed by atoms with Crippen LogP contribution in [0.5, 0.6) is 0 Å². The smallest absolute Gasteiger partial charge is 0.124 e. The Labute approximate surface area is 180 Å². The van der Waals surface area contributed by atoms with E-state index in [0.29, 0.717) is 5.92 Å². The topological polar surface area (TPSA) is 66.8 Å². The van der Waals surface area contributed by atoms with Gasteiger partial charge in [-0.15, -0.1) is 0 Å². The fourth-order valence-corrected chi connectivity index (χ4v) is 6.91. The number of aromatic nitrogens is 1. The number of nitrogens with one attached hydrogen (secondary N) is 2. The largest absolute Gasteiger partial charge is 0.384 e. The van der Waals surface area contributed by atoms with Gasteiger partial charge >= 0.3 is 0 Å². The maximum atomic E-state index is 8.14. The van der Waals surface area contributed by atoms with Gasteiger partial charge in [-0.25, -0.2) is 0 Å². The fraction of sp³-hybridized carbons (Fsp3) is 0.577. The van der Waals surface area contributed by atoms with Gasteiger partial charge in [-0.05, 0) is 81.3 Å². The van der Waals surface area contributed by atoms with E-state index in [-0.39, 0.29) is 16.9 Å². The first-order chi connectivity index (χ1) is 14.3. The molecular formula is C26H36N4. The van der Waals surface area contributed by atoms with Gasteiger partial charge < -0.3 is 10.3 Å². The number of hydrogen-bond donors (Lipinski definition) is 3. The molecule has 2 aliphatic carbocycles. The molecule has 160 valence electrons. The lowest BCUT2D eigenvalue weighted by atomic mass is 9.76. The SMILES string of the molecule is Cc1cc(-n2ccc(C(=N)N)c2C2CCCC2)cc2c1C(C)(C)NC21CCCCC1. The van der Waals surface area contributed by atoms with Gasteiger partial charge in [0.2, 0.25) is 0 Å². The molecule has 2 aromatic rings. The van der Waals surface area contributed by atoms with Crippen LogP contribution < -0.4 is 11.1 Å². The van der Waals surface area contributed by atoms with Crippen LogP contribution in [0.2, 0.25) is 0 Å². The quantitative estimate of drug-likeness (QED) is 0.452. The van der Waals surface area contributed by atoms with Crippen molar-refractivity contribution in [2.75, 3.05) is 0 Å². The second kappa shape index (κ2) is 6.98. The Morgan fingerprint density at radius 2 is 1.80 bits per heavy atom. The van der Waals surface area contributed by atoms with E-state index in [0.717, 1.165) is 5.56 Å². The Morgan fingerprint density at radius 3 is 2.47 bits per heavy atom. The van der Waals surface area contributed by atoms with Crippen molar-refractivity contribution < 1.29 is 0 Å². The minimum absolute atomic E-state index is 0.00476. The normalized spacial score (nSPS) is 22.5. The molecule has 2 heterocycles. The Kier molecular flexibility index (Phi) is 4.62. The molecule has 4 N–H and O–H groups in total. The summed E-state index contributed by atoms with van der Waals surface area (Å²) in [6, 6.07) is 6.86. The summed E-state index contributed by atoms with van der Waals surface area (Å²) in [6.45, 7) is 6.96. The summed E-state index contributed by atoms with van der Waals surface area (Å²) in [6.07, 6.45) is 13.5. The van der Waals surface area contributed by atoms with E-state index in [1.165, 1.54) is 85.9 Å². The van der Waals surface area contributed by atoms with Gasteiger partial charge in [0.15, 0.2) is 0 Å². The summed E-state index contributed by atoms with van der Waals surface area (Å²) in [5.41, 5.74) is 13.9. The lowest BCUT2D eigenvalue weighted by molar-refractivity contribution is 0.205.